The zero-order valence-electron chi connectivity index (χ0n) is 9.64. The summed E-state index contributed by atoms with van der Waals surface area (Å²) in [5.41, 5.74) is 2.80. The van der Waals surface area contributed by atoms with Crippen molar-refractivity contribution in [3.8, 4) is 0 Å². The normalized spacial score (nSPS) is 20.1. The van der Waals surface area contributed by atoms with Crippen LogP contribution in [0.2, 0.25) is 5.02 Å². The molecule has 16 heavy (non-hydrogen) atoms. The molecule has 0 amide bonds. The van der Waals surface area contributed by atoms with Gasteiger partial charge in [0.05, 0.1) is 6.04 Å². The Balaban J connectivity index is 2.32. The molecule has 1 N–H and O–H groups in total. The minimum atomic E-state index is -0.0162. The van der Waals surface area contributed by atoms with Crippen LogP contribution in [0.15, 0.2) is 12.1 Å². The van der Waals surface area contributed by atoms with Gasteiger partial charge in [0.1, 0.15) is 0 Å². The molecule has 0 aliphatic carbocycles. The summed E-state index contributed by atoms with van der Waals surface area (Å²) in [6, 6.07) is 3.76. The molecule has 1 unspecified atom stereocenters. The second-order valence-electron chi connectivity index (χ2n) is 4.43. The molecule has 3 heteroatoms. The topological polar surface area (TPSA) is 29.1 Å². The average Bonchev–Trinajstić information content (AvgIpc) is 2.75. The van der Waals surface area contributed by atoms with Gasteiger partial charge >= 0.3 is 0 Å². The summed E-state index contributed by atoms with van der Waals surface area (Å²) < 4.78 is 0. The first-order valence-electron chi connectivity index (χ1n) is 5.64. The molecule has 1 atom stereocenters. The lowest BCUT2D eigenvalue weighted by Gasteiger charge is -2.12. The van der Waals surface area contributed by atoms with Gasteiger partial charge in [0.2, 0.25) is 0 Å². The lowest BCUT2D eigenvalue weighted by molar-refractivity contribution is 0.0951. The lowest BCUT2D eigenvalue weighted by atomic mass is 9.97. The van der Waals surface area contributed by atoms with Crippen LogP contribution in [-0.4, -0.2) is 18.4 Å². The Bertz CT molecular complexity index is 422. The predicted molar refractivity (Wildman–Crippen MR) is 66.3 cm³/mol. The Morgan fingerprint density at radius 1 is 1.38 bits per heavy atom. The number of carbonyl (C=O) groups is 1. The number of benzene rings is 1. The highest BCUT2D eigenvalue weighted by atomic mass is 35.5. The van der Waals surface area contributed by atoms with Crippen LogP contribution in [0.3, 0.4) is 0 Å². The number of ketones is 1. The zero-order chi connectivity index (χ0) is 11.7. The van der Waals surface area contributed by atoms with E-state index in [-0.39, 0.29) is 11.8 Å². The van der Waals surface area contributed by atoms with Crippen molar-refractivity contribution >= 4 is 17.4 Å². The maximum absolute atomic E-state index is 12.2. The molecule has 0 radical (unpaired) electrons. The molecule has 2 nitrogen and oxygen atoms in total. The maximum Gasteiger partial charge on any atom is 0.180 e. The fourth-order valence-corrected chi connectivity index (χ4v) is 2.35. The fourth-order valence-electron chi connectivity index (χ4n) is 2.19. The SMILES string of the molecule is Cc1cc(C)c(C(=O)C2CCCN2)cc1Cl. The molecule has 0 bridgehead atoms. The smallest absolute Gasteiger partial charge is 0.180 e. The minimum absolute atomic E-state index is 0.0162. The van der Waals surface area contributed by atoms with Crippen molar-refractivity contribution in [1.29, 1.82) is 0 Å². The highest BCUT2D eigenvalue weighted by Gasteiger charge is 2.24. The summed E-state index contributed by atoms with van der Waals surface area (Å²) in [7, 11) is 0. The first-order valence-corrected chi connectivity index (χ1v) is 6.01. The molecule has 86 valence electrons. The summed E-state index contributed by atoms with van der Waals surface area (Å²) in [5.74, 6) is 0.178. The van der Waals surface area contributed by atoms with E-state index in [2.05, 4.69) is 5.32 Å². The third-order valence-electron chi connectivity index (χ3n) is 3.15. The van der Waals surface area contributed by atoms with Gasteiger partial charge in [-0.2, -0.15) is 0 Å². The quantitative estimate of drug-likeness (QED) is 0.802. The highest BCUT2D eigenvalue weighted by molar-refractivity contribution is 6.31. The van der Waals surface area contributed by atoms with Gasteiger partial charge in [-0.25, -0.2) is 0 Å². The number of hydrogen-bond donors (Lipinski definition) is 1. The molecule has 0 spiro atoms. The summed E-state index contributed by atoms with van der Waals surface area (Å²) in [4.78, 5) is 12.2. The van der Waals surface area contributed by atoms with Crippen molar-refractivity contribution < 1.29 is 4.79 Å². The summed E-state index contributed by atoms with van der Waals surface area (Å²) in [5, 5.41) is 3.90. The first-order chi connectivity index (χ1) is 7.59. The average molecular weight is 238 g/mol. The van der Waals surface area contributed by atoms with E-state index in [1.165, 1.54) is 0 Å². The standard InChI is InChI=1S/C13H16ClNO/c1-8-6-9(2)11(14)7-10(8)13(16)12-4-3-5-15-12/h6-7,12,15H,3-5H2,1-2H3. The molecule has 0 saturated carbocycles. The van der Waals surface area contributed by atoms with Gasteiger partial charge in [-0.3, -0.25) is 4.79 Å². The predicted octanol–water partition coefficient (Wildman–Crippen LogP) is 2.89. The monoisotopic (exact) mass is 237 g/mol. The van der Waals surface area contributed by atoms with Gasteiger partial charge in [0.25, 0.3) is 0 Å². The van der Waals surface area contributed by atoms with Crippen LogP contribution in [0, 0.1) is 13.8 Å². The van der Waals surface area contributed by atoms with Crippen molar-refractivity contribution in [3.05, 3.63) is 33.8 Å². The Morgan fingerprint density at radius 2 is 2.12 bits per heavy atom. The fraction of sp³-hybridized carbons (Fsp3) is 0.462. The lowest BCUT2D eigenvalue weighted by Crippen LogP contribution is -2.31. The Hall–Kier alpha value is -0.860. The van der Waals surface area contributed by atoms with E-state index < -0.39 is 0 Å². The number of Topliss-reactive ketones (excluding diaryl/α,β-unsaturated/α-hetero) is 1. The second kappa shape index (κ2) is 4.56. The molecule has 1 aromatic carbocycles. The molecular formula is C13H16ClNO. The highest BCUT2D eigenvalue weighted by Crippen LogP contribution is 2.23. The number of aryl methyl sites for hydroxylation is 2. The number of hydrogen-bond acceptors (Lipinski definition) is 2. The van der Waals surface area contributed by atoms with Gasteiger partial charge in [-0.15, -0.1) is 0 Å². The van der Waals surface area contributed by atoms with Crippen LogP contribution >= 0.6 is 11.6 Å². The van der Waals surface area contributed by atoms with E-state index in [4.69, 9.17) is 11.6 Å². The molecule has 0 aromatic heterocycles. The Kier molecular flexibility index (Phi) is 3.31. The summed E-state index contributed by atoms with van der Waals surface area (Å²) >= 11 is 6.06. The van der Waals surface area contributed by atoms with E-state index in [0.717, 1.165) is 36.1 Å². The van der Waals surface area contributed by atoms with E-state index >= 15 is 0 Å². The molecule has 1 aliphatic rings. The molecule has 1 aliphatic heterocycles. The minimum Gasteiger partial charge on any atom is -0.307 e. The number of nitrogens with one attached hydrogen (secondary N) is 1. The molecule has 1 aromatic rings. The number of halogens is 1. The van der Waals surface area contributed by atoms with Gasteiger partial charge in [0.15, 0.2) is 5.78 Å². The molecular weight excluding hydrogens is 222 g/mol. The zero-order valence-corrected chi connectivity index (χ0v) is 10.4. The van der Waals surface area contributed by atoms with Crippen LogP contribution in [0.5, 0.6) is 0 Å². The molecule has 2 rings (SSSR count). The number of carbonyl (C=O) groups excluding carboxylic acids is 1. The van der Waals surface area contributed by atoms with Crippen molar-refractivity contribution in [2.24, 2.45) is 0 Å². The van der Waals surface area contributed by atoms with E-state index in [1.54, 1.807) is 6.07 Å². The van der Waals surface area contributed by atoms with E-state index in [9.17, 15) is 4.79 Å². The van der Waals surface area contributed by atoms with Crippen LogP contribution in [-0.2, 0) is 0 Å². The maximum atomic E-state index is 12.2. The van der Waals surface area contributed by atoms with E-state index in [1.807, 2.05) is 19.9 Å². The van der Waals surface area contributed by atoms with Crippen LogP contribution in [0.4, 0.5) is 0 Å². The second-order valence-corrected chi connectivity index (χ2v) is 4.84. The molecule has 1 heterocycles. The molecule has 1 saturated heterocycles. The third-order valence-corrected chi connectivity index (χ3v) is 3.56. The van der Waals surface area contributed by atoms with Crippen LogP contribution in [0.25, 0.3) is 0 Å². The van der Waals surface area contributed by atoms with Crippen LogP contribution in [0.1, 0.15) is 34.3 Å². The summed E-state index contributed by atoms with van der Waals surface area (Å²) in [6.45, 7) is 4.86. The largest absolute Gasteiger partial charge is 0.307 e. The van der Waals surface area contributed by atoms with Gasteiger partial charge in [-0.1, -0.05) is 17.7 Å². The van der Waals surface area contributed by atoms with Gasteiger partial charge < -0.3 is 5.32 Å². The van der Waals surface area contributed by atoms with E-state index in [0.29, 0.717) is 5.02 Å². The molecule has 1 fully saturated rings. The van der Waals surface area contributed by atoms with Gasteiger partial charge in [-0.05, 0) is 50.4 Å². The van der Waals surface area contributed by atoms with Crippen LogP contribution < -0.4 is 5.32 Å². The first kappa shape index (κ1) is 11.6. The van der Waals surface area contributed by atoms with Gasteiger partial charge in [0, 0.05) is 10.6 Å². The van der Waals surface area contributed by atoms with Crippen molar-refractivity contribution in [2.45, 2.75) is 32.7 Å². The number of rotatable bonds is 2. The Labute approximate surface area is 101 Å². The van der Waals surface area contributed by atoms with Crippen molar-refractivity contribution in [1.82, 2.24) is 5.32 Å². The van der Waals surface area contributed by atoms with Crippen molar-refractivity contribution in [2.75, 3.05) is 6.54 Å². The van der Waals surface area contributed by atoms with Crippen molar-refractivity contribution in [3.63, 3.8) is 0 Å². The third kappa shape index (κ3) is 2.13. The summed E-state index contributed by atoms with van der Waals surface area (Å²) in [6.07, 6.45) is 2.01. The Morgan fingerprint density at radius 3 is 2.75 bits per heavy atom.